The summed E-state index contributed by atoms with van der Waals surface area (Å²) in [5.41, 5.74) is 1.78. The molecule has 0 aliphatic rings. The molecule has 2 rings (SSSR count). The molecular formula is C19H23ClN2O4S. The molecular weight excluding hydrogens is 388 g/mol. The highest BCUT2D eigenvalue weighted by Crippen LogP contribution is 2.25. The van der Waals surface area contributed by atoms with Crippen LogP contribution in [0.5, 0.6) is 5.75 Å². The molecule has 6 nitrogen and oxygen atoms in total. The molecule has 0 aromatic heterocycles. The lowest BCUT2D eigenvalue weighted by Gasteiger charge is -2.13. The van der Waals surface area contributed by atoms with Crippen LogP contribution in [0.2, 0.25) is 5.02 Å². The van der Waals surface area contributed by atoms with Crippen LogP contribution < -0.4 is 15.2 Å². The van der Waals surface area contributed by atoms with Gasteiger partial charge in [0.05, 0.1) is 17.6 Å². The van der Waals surface area contributed by atoms with E-state index in [2.05, 4.69) is 5.32 Å². The summed E-state index contributed by atoms with van der Waals surface area (Å²) >= 11 is 5.94. The van der Waals surface area contributed by atoms with E-state index in [0.29, 0.717) is 34.9 Å². The summed E-state index contributed by atoms with van der Waals surface area (Å²) in [5, 5.41) is 8.56. The van der Waals surface area contributed by atoms with E-state index < -0.39 is 10.0 Å². The molecule has 0 heterocycles. The highest BCUT2D eigenvalue weighted by atomic mass is 35.5. The summed E-state index contributed by atoms with van der Waals surface area (Å²) in [6.07, 6.45) is 0.454. The van der Waals surface area contributed by atoms with Crippen molar-refractivity contribution >= 4 is 27.5 Å². The molecule has 3 N–H and O–H groups in total. The average Bonchev–Trinajstić information content (AvgIpc) is 2.60. The largest absolute Gasteiger partial charge is 0.496 e. The van der Waals surface area contributed by atoms with E-state index >= 15 is 0 Å². The van der Waals surface area contributed by atoms with Gasteiger partial charge in [-0.2, -0.15) is 0 Å². The van der Waals surface area contributed by atoms with Crippen molar-refractivity contribution in [2.75, 3.05) is 13.7 Å². The van der Waals surface area contributed by atoms with Gasteiger partial charge < -0.3 is 10.1 Å². The molecule has 2 aromatic rings. The number of hydrogen-bond acceptors (Lipinski definition) is 4. The number of amides is 1. The van der Waals surface area contributed by atoms with E-state index in [-0.39, 0.29) is 16.7 Å². The molecule has 0 fully saturated rings. The van der Waals surface area contributed by atoms with Gasteiger partial charge in [0.25, 0.3) is 5.91 Å². The number of methoxy groups -OCH3 is 1. The third kappa shape index (κ3) is 5.45. The van der Waals surface area contributed by atoms with Gasteiger partial charge in [-0.3, -0.25) is 4.79 Å². The topological polar surface area (TPSA) is 98.5 Å². The van der Waals surface area contributed by atoms with Crippen LogP contribution >= 0.6 is 11.6 Å². The number of carbonyl (C=O) groups excluding carboxylic acids is 1. The van der Waals surface area contributed by atoms with Gasteiger partial charge in [0.15, 0.2) is 0 Å². The predicted molar refractivity (Wildman–Crippen MR) is 106 cm³/mol. The van der Waals surface area contributed by atoms with Crippen molar-refractivity contribution in [3.8, 4) is 5.75 Å². The van der Waals surface area contributed by atoms with Crippen LogP contribution in [-0.4, -0.2) is 28.0 Å². The summed E-state index contributed by atoms with van der Waals surface area (Å²) < 4.78 is 28.9. The molecule has 146 valence electrons. The zero-order valence-electron chi connectivity index (χ0n) is 15.5. The molecule has 0 aliphatic heterocycles. The van der Waals surface area contributed by atoms with E-state index in [1.165, 1.54) is 13.2 Å². The van der Waals surface area contributed by atoms with Crippen LogP contribution in [0, 0.1) is 0 Å². The van der Waals surface area contributed by atoms with Crippen molar-refractivity contribution in [2.45, 2.75) is 31.1 Å². The number of nitrogens with one attached hydrogen (secondary N) is 1. The van der Waals surface area contributed by atoms with E-state index in [1.54, 1.807) is 24.3 Å². The number of halogens is 1. The molecule has 0 radical (unpaired) electrons. The summed E-state index contributed by atoms with van der Waals surface area (Å²) in [6, 6.07) is 9.98. The summed E-state index contributed by atoms with van der Waals surface area (Å²) in [4.78, 5) is 12.5. The number of hydrogen-bond donors (Lipinski definition) is 2. The third-order valence-corrected chi connectivity index (χ3v) is 5.31. The minimum atomic E-state index is -3.82. The van der Waals surface area contributed by atoms with E-state index in [1.807, 2.05) is 19.9 Å². The minimum absolute atomic E-state index is 0.0300. The third-order valence-electron chi connectivity index (χ3n) is 4.11. The Balaban J connectivity index is 2.12. The van der Waals surface area contributed by atoms with Gasteiger partial charge in [-0.25, -0.2) is 13.6 Å². The number of nitrogens with two attached hydrogens (primary N) is 1. The van der Waals surface area contributed by atoms with Crippen LogP contribution in [0.1, 0.15) is 41.3 Å². The number of sulfonamides is 1. The molecule has 27 heavy (non-hydrogen) atoms. The number of benzene rings is 2. The van der Waals surface area contributed by atoms with Gasteiger partial charge in [0, 0.05) is 11.6 Å². The zero-order chi connectivity index (χ0) is 20.2. The Morgan fingerprint density at radius 2 is 1.93 bits per heavy atom. The molecule has 8 heteroatoms. The smallest absolute Gasteiger partial charge is 0.255 e. The van der Waals surface area contributed by atoms with Crippen molar-refractivity contribution in [2.24, 2.45) is 5.14 Å². The first-order valence-corrected chi connectivity index (χ1v) is 10.3. The van der Waals surface area contributed by atoms with Crippen molar-refractivity contribution < 1.29 is 17.9 Å². The maximum absolute atomic E-state index is 12.4. The second-order valence-electron chi connectivity index (χ2n) is 6.42. The Morgan fingerprint density at radius 3 is 2.52 bits per heavy atom. The summed E-state index contributed by atoms with van der Waals surface area (Å²) in [7, 11) is -2.34. The molecule has 0 saturated heterocycles. The van der Waals surface area contributed by atoms with Gasteiger partial charge >= 0.3 is 0 Å². The Morgan fingerprint density at radius 1 is 1.22 bits per heavy atom. The van der Waals surface area contributed by atoms with Gasteiger partial charge in [-0.1, -0.05) is 37.6 Å². The van der Waals surface area contributed by atoms with Crippen LogP contribution in [0.15, 0.2) is 41.3 Å². The highest BCUT2D eigenvalue weighted by Gasteiger charge is 2.17. The standard InChI is InChI=1S/C19H23ClN2O4S/c1-12(2)15-6-4-13(10-18(15)27(21,24)25)8-9-22-19(23)16-11-14(20)5-7-17(16)26-3/h4-7,10-12H,8-9H2,1-3H3,(H,22,23)(H2,21,24,25). The van der Waals surface area contributed by atoms with Crippen LogP contribution in [0.3, 0.4) is 0 Å². The van der Waals surface area contributed by atoms with Crippen molar-refractivity contribution in [3.63, 3.8) is 0 Å². The second-order valence-corrected chi connectivity index (χ2v) is 8.39. The predicted octanol–water partition coefficient (Wildman–Crippen LogP) is 3.09. The number of carbonyl (C=O) groups is 1. The first-order chi connectivity index (χ1) is 12.6. The fourth-order valence-electron chi connectivity index (χ4n) is 2.73. The molecule has 0 saturated carbocycles. The maximum atomic E-state index is 12.4. The molecule has 0 unspecified atom stereocenters. The Labute approximate surface area is 164 Å². The van der Waals surface area contributed by atoms with Crippen LogP contribution in [0.4, 0.5) is 0 Å². The van der Waals surface area contributed by atoms with Gasteiger partial charge in [0.1, 0.15) is 5.75 Å². The Bertz CT molecular complexity index is 943. The SMILES string of the molecule is COc1ccc(Cl)cc1C(=O)NCCc1ccc(C(C)C)c(S(N)(=O)=O)c1. The summed E-state index contributed by atoms with van der Waals surface area (Å²) in [6.45, 7) is 4.13. The lowest BCUT2D eigenvalue weighted by molar-refractivity contribution is 0.0951. The molecule has 0 atom stereocenters. The number of ether oxygens (including phenoxy) is 1. The van der Waals surface area contributed by atoms with Gasteiger partial charge in [-0.05, 0) is 47.7 Å². The molecule has 2 aromatic carbocycles. The van der Waals surface area contributed by atoms with Crippen molar-refractivity contribution in [3.05, 3.63) is 58.1 Å². The molecule has 0 aliphatic carbocycles. The average molecular weight is 411 g/mol. The van der Waals surface area contributed by atoms with Crippen LogP contribution in [0.25, 0.3) is 0 Å². The fraction of sp³-hybridized carbons (Fsp3) is 0.316. The number of primary sulfonamides is 1. The Hall–Kier alpha value is -2.09. The zero-order valence-corrected chi connectivity index (χ0v) is 17.0. The molecule has 0 bridgehead atoms. The summed E-state index contributed by atoms with van der Waals surface area (Å²) in [5.74, 6) is 0.136. The van der Waals surface area contributed by atoms with Gasteiger partial charge in [-0.15, -0.1) is 0 Å². The number of rotatable bonds is 7. The van der Waals surface area contributed by atoms with E-state index in [4.69, 9.17) is 21.5 Å². The normalized spacial score (nSPS) is 11.5. The van der Waals surface area contributed by atoms with Crippen molar-refractivity contribution in [1.82, 2.24) is 5.32 Å². The van der Waals surface area contributed by atoms with Gasteiger partial charge in [0.2, 0.25) is 10.0 Å². The Kier molecular flexibility index (Phi) is 6.86. The van der Waals surface area contributed by atoms with E-state index in [9.17, 15) is 13.2 Å². The maximum Gasteiger partial charge on any atom is 0.255 e. The quantitative estimate of drug-likeness (QED) is 0.732. The van der Waals surface area contributed by atoms with Crippen LogP contribution in [-0.2, 0) is 16.4 Å². The minimum Gasteiger partial charge on any atom is -0.496 e. The monoisotopic (exact) mass is 410 g/mol. The first kappa shape index (κ1) is 21.2. The highest BCUT2D eigenvalue weighted by molar-refractivity contribution is 7.89. The first-order valence-electron chi connectivity index (χ1n) is 8.41. The molecule has 0 spiro atoms. The van der Waals surface area contributed by atoms with E-state index in [0.717, 1.165) is 5.56 Å². The lowest BCUT2D eigenvalue weighted by atomic mass is 10.0. The fourth-order valence-corrected chi connectivity index (χ4v) is 3.85. The lowest BCUT2D eigenvalue weighted by Crippen LogP contribution is -2.26. The second kappa shape index (κ2) is 8.73. The van der Waals surface area contributed by atoms with Crippen molar-refractivity contribution in [1.29, 1.82) is 0 Å². The molecule has 1 amide bonds.